The van der Waals surface area contributed by atoms with Gasteiger partial charge < -0.3 is 4.74 Å². The van der Waals surface area contributed by atoms with Crippen molar-refractivity contribution in [2.75, 3.05) is 7.11 Å². The molecule has 0 heterocycles. The molecule has 0 saturated heterocycles. The number of hydrogen-bond acceptors (Lipinski definition) is 1. The van der Waals surface area contributed by atoms with Crippen LogP contribution in [0.1, 0.15) is 5.56 Å². The van der Waals surface area contributed by atoms with Gasteiger partial charge in [0.25, 0.3) is 0 Å². The van der Waals surface area contributed by atoms with Crippen molar-refractivity contribution in [1.82, 2.24) is 0 Å². The Labute approximate surface area is 79.0 Å². The maximum atomic E-state index is 13.0. The van der Waals surface area contributed by atoms with Crippen LogP contribution in [-0.2, 0) is 4.74 Å². The summed E-state index contributed by atoms with van der Waals surface area (Å²) >= 11 is 3.25. The summed E-state index contributed by atoms with van der Waals surface area (Å²) in [5, 5.41) is 0. The zero-order chi connectivity index (χ0) is 8.97. The van der Waals surface area contributed by atoms with Crippen molar-refractivity contribution >= 4 is 22.0 Å². The predicted octanol–water partition coefficient (Wildman–Crippen LogP) is 3.21. The number of rotatable bonds is 2. The molecule has 0 aromatic heterocycles. The van der Waals surface area contributed by atoms with E-state index in [9.17, 15) is 4.39 Å². The van der Waals surface area contributed by atoms with Crippen molar-refractivity contribution in [2.24, 2.45) is 0 Å². The first-order valence-corrected chi connectivity index (χ1v) is 4.17. The Balaban J connectivity index is 2.97. The molecule has 0 saturated carbocycles. The van der Waals surface area contributed by atoms with E-state index in [0.717, 1.165) is 4.47 Å². The molecule has 0 unspecified atom stereocenters. The molecule has 0 aliphatic carbocycles. The second kappa shape index (κ2) is 4.26. The van der Waals surface area contributed by atoms with E-state index >= 15 is 0 Å². The predicted molar refractivity (Wildman–Crippen MR) is 50.1 cm³/mol. The third kappa shape index (κ3) is 2.34. The van der Waals surface area contributed by atoms with Gasteiger partial charge in [0.1, 0.15) is 5.82 Å². The molecule has 0 N–H and O–H groups in total. The molecule has 3 heteroatoms. The molecular weight excluding hydrogens is 223 g/mol. The molecule has 1 nitrogen and oxygen atoms in total. The van der Waals surface area contributed by atoms with Gasteiger partial charge in [-0.1, -0.05) is 15.9 Å². The van der Waals surface area contributed by atoms with Crippen LogP contribution in [0, 0.1) is 5.82 Å². The number of methoxy groups -OCH3 is 1. The highest BCUT2D eigenvalue weighted by atomic mass is 79.9. The average Bonchev–Trinajstić information content (AvgIpc) is 2.07. The molecule has 64 valence electrons. The minimum absolute atomic E-state index is 0.258. The summed E-state index contributed by atoms with van der Waals surface area (Å²) in [7, 11) is 1.52. The molecule has 0 spiro atoms. The van der Waals surface area contributed by atoms with Crippen molar-refractivity contribution in [2.45, 2.75) is 0 Å². The molecule has 0 amide bonds. The quantitative estimate of drug-likeness (QED) is 0.710. The fraction of sp³-hybridized carbons (Fsp3) is 0.111. The second-order valence-corrected chi connectivity index (χ2v) is 3.12. The fourth-order valence-electron chi connectivity index (χ4n) is 0.784. The second-order valence-electron chi connectivity index (χ2n) is 2.20. The number of benzene rings is 1. The standard InChI is InChI=1S/C9H8BrFO/c1-12-5-4-7-6-8(10)2-3-9(7)11/h2-6H,1H3. The lowest BCUT2D eigenvalue weighted by Crippen LogP contribution is -1.81. The minimum atomic E-state index is -0.258. The van der Waals surface area contributed by atoms with Gasteiger partial charge in [-0.15, -0.1) is 0 Å². The summed E-state index contributed by atoms with van der Waals surface area (Å²) in [6, 6.07) is 4.74. The van der Waals surface area contributed by atoms with Crippen LogP contribution in [0.15, 0.2) is 28.9 Å². The first-order chi connectivity index (χ1) is 5.74. The van der Waals surface area contributed by atoms with Crippen molar-refractivity contribution < 1.29 is 9.13 Å². The van der Waals surface area contributed by atoms with Crippen LogP contribution in [0.4, 0.5) is 4.39 Å². The van der Waals surface area contributed by atoms with E-state index < -0.39 is 0 Å². The molecule has 0 aliphatic heterocycles. The molecule has 0 atom stereocenters. The van der Waals surface area contributed by atoms with E-state index in [4.69, 9.17) is 0 Å². The first-order valence-electron chi connectivity index (χ1n) is 3.38. The Hall–Kier alpha value is -0.830. The third-order valence-electron chi connectivity index (χ3n) is 1.34. The lowest BCUT2D eigenvalue weighted by Gasteiger charge is -1.96. The van der Waals surface area contributed by atoms with Crippen molar-refractivity contribution in [3.05, 3.63) is 40.3 Å². The molecular formula is C9H8BrFO. The molecule has 1 rings (SSSR count). The van der Waals surface area contributed by atoms with E-state index in [0.29, 0.717) is 5.56 Å². The van der Waals surface area contributed by atoms with Crippen molar-refractivity contribution in [1.29, 1.82) is 0 Å². The van der Waals surface area contributed by atoms with Crippen molar-refractivity contribution in [3.63, 3.8) is 0 Å². The van der Waals surface area contributed by atoms with E-state index in [1.807, 2.05) is 0 Å². The zero-order valence-corrected chi connectivity index (χ0v) is 8.14. The average molecular weight is 231 g/mol. The Kier molecular flexibility index (Phi) is 3.29. The molecule has 1 aromatic carbocycles. The van der Waals surface area contributed by atoms with E-state index in [2.05, 4.69) is 20.7 Å². The lowest BCUT2D eigenvalue weighted by atomic mass is 10.2. The Morgan fingerprint density at radius 2 is 2.25 bits per heavy atom. The van der Waals surface area contributed by atoms with Crippen molar-refractivity contribution in [3.8, 4) is 0 Å². The van der Waals surface area contributed by atoms with Crippen LogP contribution < -0.4 is 0 Å². The normalized spacial score (nSPS) is 10.6. The smallest absolute Gasteiger partial charge is 0.130 e. The van der Waals surface area contributed by atoms with Gasteiger partial charge in [-0.2, -0.15) is 0 Å². The molecule has 0 aliphatic rings. The van der Waals surface area contributed by atoms with Gasteiger partial charge in [0.05, 0.1) is 13.4 Å². The number of halogens is 2. The molecule has 0 bridgehead atoms. The van der Waals surface area contributed by atoms with Gasteiger partial charge in [0.2, 0.25) is 0 Å². The summed E-state index contributed by atoms with van der Waals surface area (Å²) in [4.78, 5) is 0. The van der Waals surface area contributed by atoms with Crippen LogP contribution in [-0.4, -0.2) is 7.11 Å². The Bertz CT molecular complexity index is 297. The summed E-state index contributed by atoms with van der Waals surface area (Å²) in [5.74, 6) is -0.258. The van der Waals surface area contributed by atoms with Crippen LogP contribution in [0.3, 0.4) is 0 Å². The Morgan fingerprint density at radius 3 is 2.92 bits per heavy atom. The Morgan fingerprint density at radius 1 is 1.50 bits per heavy atom. The topological polar surface area (TPSA) is 9.23 Å². The van der Waals surface area contributed by atoms with Crippen LogP contribution in [0.5, 0.6) is 0 Å². The van der Waals surface area contributed by atoms with E-state index in [1.54, 1.807) is 18.2 Å². The van der Waals surface area contributed by atoms with Gasteiger partial charge in [-0.05, 0) is 24.3 Å². The SMILES string of the molecule is COC=Cc1cc(Br)ccc1F. The maximum absolute atomic E-state index is 13.0. The molecule has 0 fully saturated rings. The van der Waals surface area contributed by atoms with Gasteiger partial charge in [-0.25, -0.2) is 4.39 Å². The van der Waals surface area contributed by atoms with Crippen LogP contribution in [0.2, 0.25) is 0 Å². The highest BCUT2D eigenvalue weighted by Crippen LogP contribution is 2.16. The lowest BCUT2D eigenvalue weighted by molar-refractivity contribution is 0.341. The summed E-state index contributed by atoms with van der Waals surface area (Å²) in [6.07, 6.45) is 3.00. The third-order valence-corrected chi connectivity index (χ3v) is 1.83. The van der Waals surface area contributed by atoms with E-state index in [-0.39, 0.29) is 5.82 Å². The van der Waals surface area contributed by atoms with Crippen LogP contribution in [0.25, 0.3) is 6.08 Å². The van der Waals surface area contributed by atoms with Gasteiger partial charge in [-0.3, -0.25) is 0 Å². The van der Waals surface area contributed by atoms with Gasteiger partial charge >= 0.3 is 0 Å². The van der Waals surface area contributed by atoms with Gasteiger partial charge in [0.15, 0.2) is 0 Å². The highest BCUT2D eigenvalue weighted by Gasteiger charge is 1.97. The maximum Gasteiger partial charge on any atom is 0.130 e. The first kappa shape index (κ1) is 9.26. The summed E-state index contributed by atoms with van der Waals surface area (Å²) in [6.45, 7) is 0. The number of ether oxygens (including phenoxy) is 1. The minimum Gasteiger partial charge on any atom is -0.504 e. The molecule has 1 aromatic rings. The highest BCUT2D eigenvalue weighted by molar-refractivity contribution is 9.10. The molecule has 12 heavy (non-hydrogen) atoms. The van der Waals surface area contributed by atoms with E-state index in [1.165, 1.54) is 19.4 Å². The number of hydrogen-bond donors (Lipinski definition) is 0. The zero-order valence-electron chi connectivity index (χ0n) is 6.55. The summed E-state index contributed by atoms with van der Waals surface area (Å²) < 4.78 is 18.5. The van der Waals surface area contributed by atoms with Crippen LogP contribution >= 0.6 is 15.9 Å². The monoisotopic (exact) mass is 230 g/mol. The van der Waals surface area contributed by atoms with Gasteiger partial charge in [0, 0.05) is 10.0 Å². The summed E-state index contributed by atoms with van der Waals surface area (Å²) in [5.41, 5.74) is 0.506. The largest absolute Gasteiger partial charge is 0.504 e. The fourth-order valence-corrected chi connectivity index (χ4v) is 1.16. The molecule has 0 radical (unpaired) electrons.